The van der Waals surface area contributed by atoms with Crippen molar-refractivity contribution in [3.05, 3.63) is 10.6 Å². The molecule has 9 heavy (non-hydrogen) atoms. The minimum atomic E-state index is 0.169. The fourth-order valence-electron chi connectivity index (χ4n) is 0.771. The van der Waals surface area contributed by atoms with E-state index in [1.165, 1.54) is 0 Å². The second-order valence-electron chi connectivity index (χ2n) is 1.98. The third kappa shape index (κ3) is 1.27. The van der Waals surface area contributed by atoms with Gasteiger partial charge in [-0.3, -0.25) is 4.79 Å². The van der Waals surface area contributed by atoms with Crippen LogP contribution in [0.5, 0.6) is 0 Å². The first-order valence-corrected chi connectivity index (χ1v) is 3.79. The standard InChI is InChI=1S/C6H9NOS/c1-4-6(5(2)8)9-3-7-4/h7H,3H2,1-2H3. The second kappa shape index (κ2) is 2.43. The summed E-state index contributed by atoms with van der Waals surface area (Å²) in [5, 5.41) is 3.07. The number of rotatable bonds is 1. The van der Waals surface area contributed by atoms with Crippen molar-refractivity contribution in [1.82, 2.24) is 5.32 Å². The molecule has 1 aliphatic rings. The molecule has 0 aromatic carbocycles. The van der Waals surface area contributed by atoms with Gasteiger partial charge in [0.2, 0.25) is 0 Å². The van der Waals surface area contributed by atoms with Crippen molar-refractivity contribution in [2.24, 2.45) is 0 Å². The maximum Gasteiger partial charge on any atom is 0.167 e. The molecule has 3 heteroatoms. The van der Waals surface area contributed by atoms with E-state index in [1.807, 2.05) is 6.92 Å². The summed E-state index contributed by atoms with van der Waals surface area (Å²) >= 11 is 1.58. The zero-order valence-corrected chi connectivity index (χ0v) is 6.34. The molecule has 1 rings (SSSR count). The van der Waals surface area contributed by atoms with Crippen molar-refractivity contribution < 1.29 is 4.79 Å². The number of hydrogen-bond acceptors (Lipinski definition) is 3. The molecule has 0 amide bonds. The smallest absolute Gasteiger partial charge is 0.167 e. The van der Waals surface area contributed by atoms with Crippen LogP contribution in [0.1, 0.15) is 13.8 Å². The maximum atomic E-state index is 10.7. The molecule has 1 N–H and O–H groups in total. The second-order valence-corrected chi connectivity index (χ2v) is 2.96. The van der Waals surface area contributed by atoms with Crippen molar-refractivity contribution in [2.45, 2.75) is 13.8 Å². The van der Waals surface area contributed by atoms with Crippen molar-refractivity contribution >= 4 is 17.5 Å². The zero-order valence-electron chi connectivity index (χ0n) is 5.52. The highest BCUT2D eigenvalue weighted by atomic mass is 32.2. The molecule has 1 heterocycles. The van der Waals surface area contributed by atoms with E-state index < -0.39 is 0 Å². The van der Waals surface area contributed by atoms with E-state index in [0.717, 1.165) is 16.5 Å². The average Bonchev–Trinajstić information content (AvgIpc) is 2.13. The Labute approximate surface area is 58.7 Å². The summed E-state index contributed by atoms with van der Waals surface area (Å²) in [5.41, 5.74) is 1.02. The first kappa shape index (κ1) is 6.68. The molecule has 0 radical (unpaired) electrons. The van der Waals surface area contributed by atoms with Crippen LogP contribution in [-0.4, -0.2) is 11.7 Å². The molecule has 0 atom stereocenters. The van der Waals surface area contributed by atoms with Gasteiger partial charge in [0.15, 0.2) is 5.78 Å². The van der Waals surface area contributed by atoms with Gasteiger partial charge in [0.1, 0.15) is 0 Å². The van der Waals surface area contributed by atoms with E-state index in [4.69, 9.17) is 0 Å². The normalized spacial score (nSPS) is 18.0. The fraction of sp³-hybridized carbons (Fsp3) is 0.500. The quantitative estimate of drug-likeness (QED) is 0.596. The van der Waals surface area contributed by atoms with Gasteiger partial charge in [-0.15, -0.1) is 0 Å². The summed E-state index contributed by atoms with van der Waals surface area (Å²) in [6, 6.07) is 0. The third-order valence-electron chi connectivity index (χ3n) is 1.21. The van der Waals surface area contributed by atoms with E-state index in [2.05, 4.69) is 5.32 Å². The summed E-state index contributed by atoms with van der Waals surface area (Å²) in [6.45, 7) is 3.52. The van der Waals surface area contributed by atoms with Crippen LogP contribution >= 0.6 is 11.8 Å². The summed E-state index contributed by atoms with van der Waals surface area (Å²) in [6.07, 6.45) is 0. The lowest BCUT2D eigenvalue weighted by atomic mass is 10.3. The van der Waals surface area contributed by atoms with Crippen molar-refractivity contribution in [3.8, 4) is 0 Å². The van der Waals surface area contributed by atoms with E-state index in [-0.39, 0.29) is 5.78 Å². The van der Waals surface area contributed by atoms with Crippen molar-refractivity contribution in [1.29, 1.82) is 0 Å². The van der Waals surface area contributed by atoms with E-state index in [9.17, 15) is 4.79 Å². The molecule has 2 nitrogen and oxygen atoms in total. The number of ketones is 1. The number of Topliss-reactive ketones (excluding diaryl/α,β-unsaturated/α-hetero) is 1. The highest BCUT2D eigenvalue weighted by Crippen LogP contribution is 2.23. The van der Waals surface area contributed by atoms with Crippen LogP contribution in [0.2, 0.25) is 0 Å². The molecule has 0 fully saturated rings. The molecule has 1 aliphatic heterocycles. The van der Waals surface area contributed by atoms with Gasteiger partial charge in [-0.05, 0) is 13.8 Å². The zero-order chi connectivity index (χ0) is 6.85. The van der Waals surface area contributed by atoms with Crippen molar-refractivity contribution in [3.63, 3.8) is 0 Å². The van der Waals surface area contributed by atoms with Crippen LogP contribution in [0.4, 0.5) is 0 Å². The first-order valence-electron chi connectivity index (χ1n) is 2.80. The van der Waals surface area contributed by atoms with Gasteiger partial charge in [-0.25, -0.2) is 0 Å². The van der Waals surface area contributed by atoms with Gasteiger partial charge in [0, 0.05) is 5.70 Å². The van der Waals surface area contributed by atoms with Crippen molar-refractivity contribution in [2.75, 3.05) is 5.88 Å². The third-order valence-corrected chi connectivity index (χ3v) is 2.39. The summed E-state index contributed by atoms with van der Waals surface area (Å²) < 4.78 is 0. The molecule has 50 valence electrons. The number of allylic oxidation sites excluding steroid dienone is 2. The van der Waals surface area contributed by atoms with E-state index in [0.29, 0.717) is 0 Å². The van der Waals surface area contributed by atoms with E-state index in [1.54, 1.807) is 18.7 Å². The monoisotopic (exact) mass is 143 g/mol. The Morgan fingerprint density at radius 2 is 2.44 bits per heavy atom. The minimum absolute atomic E-state index is 0.169. The predicted octanol–water partition coefficient (Wildman–Crippen LogP) is 1.10. The molecule has 0 unspecified atom stereocenters. The van der Waals surface area contributed by atoms with Crippen LogP contribution in [0.3, 0.4) is 0 Å². The topological polar surface area (TPSA) is 29.1 Å². The van der Waals surface area contributed by atoms with Crippen LogP contribution in [0, 0.1) is 0 Å². The van der Waals surface area contributed by atoms with Gasteiger partial charge in [0.05, 0.1) is 10.8 Å². The molecule has 0 aromatic rings. The maximum absolute atomic E-state index is 10.7. The summed E-state index contributed by atoms with van der Waals surface area (Å²) in [5.74, 6) is 1.02. The average molecular weight is 143 g/mol. The Morgan fingerprint density at radius 1 is 1.78 bits per heavy atom. The Hall–Kier alpha value is -0.440. The molecule has 0 aliphatic carbocycles. The largest absolute Gasteiger partial charge is 0.378 e. The lowest BCUT2D eigenvalue weighted by molar-refractivity contribution is -0.113. The summed E-state index contributed by atoms with van der Waals surface area (Å²) in [7, 11) is 0. The highest BCUT2D eigenvalue weighted by molar-refractivity contribution is 8.04. The lowest BCUT2D eigenvalue weighted by Gasteiger charge is -1.92. The molecule has 0 bridgehead atoms. The van der Waals surface area contributed by atoms with Gasteiger partial charge in [0.25, 0.3) is 0 Å². The van der Waals surface area contributed by atoms with Crippen LogP contribution < -0.4 is 5.32 Å². The van der Waals surface area contributed by atoms with Gasteiger partial charge in [-0.1, -0.05) is 11.8 Å². The number of carbonyl (C=O) groups is 1. The number of hydrogen-bond donors (Lipinski definition) is 1. The van der Waals surface area contributed by atoms with Crippen LogP contribution in [0.25, 0.3) is 0 Å². The van der Waals surface area contributed by atoms with Crippen LogP contribution in [-0.2, 0) is 4.79 Å². The van der Waals surface area contributed by atoms with Crippen LogP contribution in [0.15, 0.2) is 10.6 Å². The Bertz CT molecular complexity index is 174. The molecule has 0 aromatic heterocycles. The van der Waals surface area contributed by atoms with Gasteiger partial charge < -0.3 is 5.32 Å². The molecular formula is C6H9NOS. The Balaban J connectivity index is 2.78. The molecule has 0 saturated heterocycles. The lowest BCUT2D eigenvalue weighted by Crippen LogP contribution is -2.03. The Morgan fingerprint density at radius 3 is 2.67 bits per heavy atom. The van der Waals surface area contributed by atoms with E-state index >= 15 is 0 Å². The predicted molar refractivity (Wildman–Crippen MR) is 39.0 cm³/mol. The molecule has 0 saturated carbocycles. The number of nitrogens with one attached hydrogen (secondary N) is 1. The molecular weight excluding hydrogens is 134 g/mol. The highest BCUT2D eigenvalue weighted by Gasteiger charge is 2.13. The SMILES string of the molecule is CC(=O)C1=C(C)NCS1. The number of carbonyl (C=O) groups excluding carboxylic acids is 1. The van der Waals surface area contributed by atoms with Gasteiger partial charge in [-0.2, -0.15) is 0 Å². The minimum Gasteiger partial charge on any atom is -0.378 e. The fourth-order valence-corrected chi connectivity index (χ4v) is 1.70. The number of thioether (sulfide) groups is 1. The molecule has 0 spiro atoms. The summed E-state index contributed by atoms with van der Waals surface area (Å²) in [4.78, 5) is 11.6. The Kier molecular flexibility index (Phi) is 1.81. The van der Waals surface area contributed by atoms with Gasteiger partial charge >= 0.3 is 0 Å². The first-order chi connectivity index (χ1) is 4.22.